The summed E-state index contributed by atoms with van der Waals surface area (Å²) in [6.45, 7) is 5.05. The number of ether oxygens (including phenoxy) is 1. The summed E-state index contributed by atoms with van der Waals surface area (Å²) in [6.07, 6.45) is 1.51. The molecule has 1 aromatic heterocycles. The molecule has 4 heterocycles. The van der Waals surface area contributed by atoms with E-state index < -0.39 is 11.4 Å². The van der Waals surface area contributed by atoms with Crippen molar-refractivity contribution in [1.82, 2.24) is 4.90 Å². The molecule has 0 radical (unpaired) electrons. The molecule has 3 aliphatic rings. The molecule has 0 saturated carbocycles. The van der Waals surface area contributed by atoms with Crippen molar-refractivity contribution in [2.75, 3.05) is 24.6 Å². The van der Waals surface area contributed by atoms with E-state index in [4.69, 9.17) is 9.15 Å². The third-order valence-corrected chi connectivity index (χ3v) is 7.12. The molecule has 2 amide bonds. The molecule has 0 aliphatic carbocycles. The van der Waals surface area contributed by atoms with Gasteiger partial charge in [-0.2, -0.15) is 0 Å². The summed E-state index contributed by atoms with van der Waals surface area (Å²) >= 11 is 0. The molecule has 0 bridgehead atoms. The highest BCUT2D eigenvalue weighted by molar-refractivity contribution is 6.17. The van der Waals surface area contributed by atoms with Crippen LogP contribution in [0.15, 0.2) is 51.7 Å². The van der Waals surface area contributed by atoms with Crippen molar-refractivity contribution in [2.24, 2.45) is 0 Å². The predicted octanol–water partition coefficient (Wildman–Crippen LogP) is 3.35. The average Bonchev–Trinajstić information content (AvgIpc) is 3.48. The van der Waals surface area contributed by atoms with E-state index in [-0.39, 0.29) is 35.3 Å². The van der Waals surface area contributed by atoms with Crippen LogP contribution in [0.3, 0.4) is 0 Å². The molecule has 0 unspecified atom stereocenters. The first kappa shape index (κ1) is 20.2. The van der Waals surface area contributed by atoms with Crippen LogP contribution in [0.5, 0.6) is 0 Å². The van der Waals surface area contributed by atoms with Crippen LogP contribution < -0.4 is 10.3 Å². The molecule has 1 spiro atoms. The molecule has 1 fully saturated rings. The molecule has 33 heavy (non-hydrogen) atoms. The Morgan fingerprint density at radius 2 is 1.94 bits per heavy atom. The van der Waals surface area contributed by atoms with Gasteiger partial charge in [0, 0.05) is 25.3 Å². The van der Waals surface area contributed by atoms with Crippen LogP contribution in [0.25, 0.3) is 11.0 Å². The number of hydrogen-bond donors (Lipinski definition) is 0. The second-order valence-corrected chi connectivity index (χ2v) is 8.96. The highest BCUT2D eigenvalue weighted by Gasteiger charge is 2.65. The van der Waals surface area contributed by atoms with Crippen LogP contribution in [-0.2, 0) is 15.1 Å². The number of rotatable bonds is 3. The predicted molar refractivity (Wildman–Crippen MR) is 122 cm³/mol. The summed E-state index contributed by atoms with van der Waals surface area (Å²) < 4.78 is 11.9. The number of amides is 2. The summed E-state index contributed by atoms with van der Waals surface area (Å²) in [5.41, 5.74) is 0.837. The number of benzene rings is 2. The molecule has 3 aromatic rings. The Labute approximate surface area is 190 Å². The number of likely N-dealkylation sites (N-methyl/N-ethyl adjacent to an activating group) is 1. The second-order valence-electron chi connectivity index (χ2n) is 8.96. The fourth-order valence-electron chi connectivity index (χ4n) is 5.66. The number of para-hydroxylation sites is 1. The zero-order valence-corrected chi connectivity index (χ0v) is 18.6. The van der Waals surface area contributed by atoms with E-state index in [1.54, 1.807) is 17.0 Å². The molecular weight excluding hydrogens is 420 g/mol. The van der Waals surface area contributed by atoms with Crippen LogP contribution in [0, 0.1) is 6.92 Å². The van der Waals surface area contributed by atoms with Crippen molar-refractivity contribution in [3.63, 3.8) is 0 Å². The van der Waals surface area contributed by atoms with Gasteiger partial charge in [-0.15, -0.1) is 0 Å². The van der Waals surface area contributed by atoms with E-state index in [0.717, 1.165) is 18.4 Å². The number of nitrogens with zero attached hydrogens (tertiary/aromatic N) is 2. The van der Waals surface area contributed by atoms with E-state index in [1.165, 1.54) is 4.90 Å². The Hall–Kier alpha value is -3.45. The largest absolute Gasteiger partial charge is 0.450 e. The van der Waals surface area contributed by atoms with Gasteiger partial charge < -0.3 is 19.0 Å². The van der Waals surface area contributed by atoms with Crippen molar-refractivity contribution in [3.05, 3.63) is 75.1 Å². The van der Waals surface area contributed by atoms with Crippen molar-refractivity contribution >= 4 is 28.5 Å². The standard InChI is InChI=1S/C26H24N2O5/c1-3-27-19-9-5-4-8-18(19)26(25(27)31)21-22(29)17-13-15(2)10-11-20(17)33-23(21)24(30)28(26)14-16-7-6-12-32-16/h4-5,8-11,13,16H,3,6-7,12,14H2,1-2H3/t16-,26+/m1/s1. The number of anilines is 1. The highest BCUT2D eigenvalue weighted by atomic mass is 16.5. The van der Waals surface area contributed by atoms with E-state index in [2.05, 4.69) is 0 Å². The van der Waals surface area contributed by atoms with Gasteiger partial charge in [-0.05, 0) is 44.9 Å². The molecule has 168 valence electrons. The van der Waals surface area contributed by atoms with Gasteiger partial charge in [-0.1, -0.05) is 29.8 Å². The van der Waals surface area contributed by atoms with Gasteiger partial charge in [-0.3, -0.25) is 14.4 Å². The lowest BCUT2D eigenvalue weighted by Crippen LogP contribution is -2.55. The van der Waals surface area contributed by atoms with Crippen LogP contribution >= 0.6 is 0 Å². The zero-order chi connectivity index (χ0) is 22.9. The first-order valence-electron chi connectivity index (χ1n) is 11.4. The molecule has 7 nitrogen and oxygen atoms in total. The maximum Gasteiger partial charge on any atom is 0.291 e. The summed E-state index contributed by atoms with van der Waals surface area (Å²) in [7, 11) is 0. The fourth-order valence-corrected chi connectivity index (χ4v) is 5.66. The Balaban J connectivity index is 1.70. The molecule has 1 saturated heterocycles. The van der Waals surface area contributed by atoms with E-state index >= 15 is 0 Å². The monoisotopic (exact) mass is 444 g/mol. The number of carbonyl (C=O) groups is 2. The Morgan fingerprint density at radius 1 is 1.12 bits per heavy atom. The molecule has 0 N–H and O–H groups in total. The molecule has 2 atom stereocenters. The van der Waals surface area contributed by atoms with Gasteiger partial charge in [-0.25, -0.2) is 0 Å². The smallest absolute Gasteiger partial charge is 0.291 e. The molecule has 3 aliphatic heterocycles. The van der Waals surface area contributed by atoms with E-state index in [9.17, 15) is 14.4 Å². The highest BCUT2D eigenvalue weighted by Crippen LogP contribution is 2.52. The quantitative estimate of drug-likeness (QED) is 0.619. The van der Waals surface area contributed by atoms with Crippen molar-refractivity contribution < 1.29 is 18.7 Å². The lowest BCUT2D eigenvalue weighted by Gasteiger charge is -2.35. The number of fused-ring (bicyclic) bond motifs is 5. The third-order valence-electron chi connectivity index (χ3n) is 7.12. The van der Waals surface area contributed by atoms with E-state index in [0.29, 0.717) is 35.4 Å². The van der Waals surface area contributed by atoms with Gasteiger partial charge in [0.25, 0.3) is 11.8 Å². The molecule has 6 rings (SSSR count). The van der Waals surface area contributed by atoms with Crippen molar-refractivity contribution in [3.8, 4) is 0 Å². The summed E-state index contributed by atoms with van der Waals surface area (Å²) in [5, 5.41) is 0.375. The molecule has 7 heteroatoms. The Kier molecular flexibility index (Phi) is 4.29. The second kappa shape index (κ2) is 7.02. The normalized spacial score (nSPS) is 23.8. The maximum absolute atomic E-state index is 14.2. The first-order valence-corrected chi connectivity index (χ1v) is 11.4. The minimum atomic E-state index is -1.55. The summed E-state index contributed by atoms with van der Waals surface area (Å²) in [4.78, 5) is 45.2. The minimum absolute atomic E-state index is 0.0459. The van der Waals surface area contributed by atoms with E-state index in [1.807, 2.05) is 44.2 Å². The number of aryl methyl sites for hydroxylation is 1. The Morgan fingerprint density at radius 3 is 2.70 bits per heavy atom. The average molecular weight is 444 g/mol. The lowest BCUT2D eigenvalue weighted by atomic mass is 9.83. The van der Waals surface area contributed by atoms with Gasteiger partial charge in [0.05, 0.1) is 22.7 Å². The van der Waals surface area contributed by atoms with Crippen LogP contribution in [-0.4, -0.2) is 42.5 Å². The molecular formula is C26H24N2O5. The number of carbonyl (C=O) groups excluding carboxylic acids is 2. The first-order chi connectivity index (χ1) is 16.0. The Bertz CT molecular complexity index is 1390. The van der Waals surface area contributed by atoms with Gasteiger partial charge in [0.15, 0.2) is 11.0 Å². The fraction of sp³-hybridized carbons (Fsp3) is 0.346. The van der Waals surface area contributed by atoms with Crippen LogP contribution in [0.4, 0.5) is 5.69 Å². The van der Waals surface area contributed by atoms with Gasteiger partial charge in [0.1, 0.15) is 5.58 Å². The van der Waals surface area contributed by atoms with Crippen LogP contribution in [0.2, 0.25) is 0 Å². The maximum atomic E-state index is 14.2. The molecule has 2 aromatic carbocycles. The minimum Gasteiger partial charge on any atom is -0.450 e. The number of hydrogen-bond acceptors (Lipinski definition) is 5. The van der Waals surface area contributed by atoms with Crippen molar-refractivity contribution in [1.29, 1.82) is 0 Å². The third kappa shape index (κ3) is 2.51. The summed E-state index contributed by atoms with van der Waals surface area (Å²) in [5.74, 6) is -0.785. The topological polar surface area (TPSA) is 80.1 Å². The summed E-state index contributed by atoms with van der Waals surface area (Å²) in [6, 6.07) is 12.7. The van der Waals surface area contributed by atoms with Gasteiger partial charge in [0.2, 0.25) is 5.76 Å². The lowest BCUT2D eigenvalue weighted by molar-refractivity contribution is -0.126. The SMILES string of the molecule is CCN1C(=O)[C@]2(c3ccccc31)c1c(oc3ccc(C)cc3c1=O)C(=O)N2C[C@H]1CCCO1. The van der Waals surface area contributed by atoms with Crippen LogP contribution in [0.1, 0.15) is 47.0 Å². The zero-order valence-electron chi connectivity index (χ0n) is 18.6. The van der Waals surface area contributed by atoms with Crippen molar-refractivity contribution in [2.45, 2.75) is 38.3 Å². The van der Waals surface area contributed by atoms with Gasteiger partial charge >= 0.3 is 0 Å².